The summed E-state index contributed by atoms with van der Waals surface area (Å²) in [6.45, 7) is 2.57. The smallest absolute Gasteiger partial charge is 0.257 e. The van der Waals surface area contributed by atoms with Crippen LogP contribution in [0.25, 0.3) is 0 Å². The Hall–Kier alpha value is -2.32. The van der Waals surface area contributed by atoms with Crippen molar-refractivity contribution in [2.24, 2.45) is 0 Å². The van der Waals surface area contributed by atoms with Crippen LogP contribution in [0, 0.1) is 0 Å². The molecule has 2 aliphatic rings. The quantitative estimate of drug-likeness (QED) is 0.859. The maximum absolute atomic E-state index is 13.1. The molecule has 2 aromatic rings. The normalized spacial score (nSPS) is 20.0. The van der Waals surface area contributed by atoms with Gasteiger partial charge in [-0.3, -0.25) is 9.89 Å². The van der Waals surface area contributed by atoms with E-state index in [1.54, 1.807) is 13.3 Å². The summed E-state index contributed by atoms with van der Waals surface area (Å²) in [7, 11) is 1.63. The first-order valence-electron chi connectivity index (χ1n) is 9.15. The molecule has 8 heteroatoms. The summed E-state index contributed by atoms with van der Waals surface area (Å²) < 4.78 is 5.09. The molecule has 0 bridgehead atoms. The van der Waals surface area contributed by atoms with Gasteiger partial charge >= 0.3 is 0 Å². The summed E-state index contributed by atoms with van der Waals surface area (Å²) in [6, 6.07) is 0.183. The molecule has 8 nitrogen and oxygen atoms in total. The number of rotatable bonds is 4. The number of ether oxygens (including phenoxy) is 1. The number of hydrogen-bond donors (Lipinski definition) is 2. The number of aromatic amines is 1. The minimum atomic E-state index is 0.0211. The molecule has 1 atom stereocenters. The molecule has 26 heavy (non-hydrogen) atoms. The highest BCUT2D eigenvalue weighted by molar-refractivity contribution is 5.95. The minimum absolute atomic E-state index is 0.0211. The van der Waals surface area contributed by atoms with Gasteiger partial charge in [0.25, 0.3) is 5.91 Å². The zero-order chi connectivity index (χ0) is 17.9. The summed E-state index contributed by atoms with van der Waals surface area (Å²) >= 11 is 0. The Balaban J connectivity index is 1.51. The molecule has 0 aromatic carbocycles. The third kappa shape index (κ3) is 3.34. The summed E-state index contributed by atoms with van der Waals surface area (Å²) in [5.41, 5.74) is 3.60. The van der Waals surface area contributed by atoms with E-state index in [4.69, 9.17) is 4.74 Å². The van der Waals surface area contributed by atoms with E-state index in [1.165, 1.54) is 12.8 Å². The number of nitrogens with zero attached hydrogens (tertiary/aromatic N) is 4. The second-order valence-corrected chi connectivity index (χ2v) is 6.87. The van der Waals surface area contributed by atoms with Crippen LogP contribution in [0.2, 0.25) is 0 Å². The van der Waals surface area contributed by atoms with Crippen LogP contribution in [0.5, 0.6) is 0 Å². The fourth-order valence-corrected chi connectivity index (χ4v) is 3.73. The number of methoxy groups -OCH3 is 1. The van der Waals surface area contributed by atoms with Crippen LogP contribution in [-0.4, -0.2) is 51.2 Å². The Kier molecular flexibility index (Phi) is 4.94. The molecule has 1 saturated heterocycles. The second-order valence-electron chi connectivity index (χ2n) is 6.87. The first-order chi connectivity index (χ1) is 12.8. The maximum atomic E-state index is 13.1. The molecular weight excluding hydrogens is 332 g/mol. The van der Waals surface area contributed by atoms with Gasteiger partial charge in [0.2, 0.25) is 0 Å². The highest BCUT2D eigenvalue weighted by Gasteiger charge is 2.28. The van der Waals surface area contributed by atoms with E-state index < -0.39 is 0 Å². The zero-order valence-electron chi connectivity index (χ0n) is 15.0. The van der Waals surface area contributed by atoms with Crippen molar-refractivity contribution in [2.75, 3.05) is 20.2 Å². The van der Waals surface area contributed by atoms with Crippen LogP contribution in [0.15, 0.2) is 12.4 Å². The molecule has 0 aliphatic carbocycles. The maximum Gasteiger partial charge on any atom is 0.257 e. The molecule has 0 spiro atoms. The lowest BCUT2D eigenvalue weighted by molar-refractivity contribution is 0.0730. The van der Waals surface area contributed by atoms with Crippen molar-refractivity contribution >= 4 is 5.91 Å². The highest BCUT2D eigenvalue weighted by Crippen LogP contribution is 2.26. The lowest BCUT2D eigenvalue weighted by atomic mass is 9.98. The Labute approximate surface area is 152 Å². The summed E-state index contributed by atoms with van der Waals surface area (Å²) in [6.07, 6.45) is 7.58. The number of nitrogens with one attached hydrogen (secondary N) is 2. The molecule has 1 fully saturated rings. The number of piperidine rings is 1. The third-order valence-electron chi connectivity index (χ3n) is 5.10. The number of hydrogen-bond acceptors (Lipinski definition) is 6. The number of carbonyl (C=O) groups excluding carboxylic acids is 1. The van der Waals surface area contributed by atoms with Gasteiger partial charge in [-0.2, -0.15) is 5.10 Å². The van der Waals surface area contributed by atoms with E-state index in [0.29, 0.717) is 31.1 Å². The van der Waals surface area contributed by atoms with Gasteiger partial charge in [0, 0.05) is 44.4 Å². The lowest BCUT2D eigenvalue weighted by Crippen LogP contribution is -2.37. The highest BCUT2D eigenvalue weighted by atomic mass is 16.5. The summed E-state index contributed by atoms with van der Waals surface area (Å²) in [5.74, 6) is 0.708. The van der Waals surface area contributed by atoms with Gasteiger partial charge in [0.05, 0.1) is 23.1 Å². The van der Waals surface area contributed by atoms with Crippen LogP contribution in [-0.2, 0) is 24.3 Å². The van der Waals surface area contributed by atoms with Crippen molar-refractivity contribution in [3.05, 3.63) is 40.7 Å². The lowest BCUT2D eigenvalue weighted by Gasteiger charge is -2.29. The molecule has 2 aromatic heterocycles. The van der Waals surface area contributed by atoms with Crippen LogP contribution < -0.4 is 5.32 Å². The Morgan fingerprint density at radius 1 is 1.38 bits per heavy atom. The van der Waals surface area contributed by atoms with Crippen molar-refractivity contribution in [1.29, 1.82) is 0 Å². The Morgan fingerprint density at radius 3 is 3.12 bits per heavy atom. The van der Waals surface area contributed by atoms with Gasteiger partial charge in [0.15, 0.2) is 5.82 Å². The van der Waals surface area contributed by atoms with Crippen LogP contribution >= 0.6 is 0 Å². The van der Waals surface area contributed by atoms with E-state index >= 15 is 0 Å². The van der Waals surface area contributed by atoms with E-state index in [2.05, 4.69) is 25.5 Å². The molecule has 4 rings (SSSR count). The molecule has 0 radical (unpaired) electrons. The molecule has 2 N–H and O–H groups in total. The van der Waals surface area contributed by atoms with Crippen molar-refractivity contribution in [1.82, 2.24) is 30.4 Å². The molecule has 2 aliphatic heterocycles. The number of amides is 1. The van der Waals surface area contributed by atoms with Gasteiger partial charge in [-0.15, -0.1) is 0 Å². The Morgan fingerprint density at radius 2 is 2.31 bits per heavy atom. The van der Waals surface area contributed by atoms with Crippen molar-refractivity contribution in [3.63, 3.8) is 0 Å². The molecule has 4 heterocycles. The number of H-pyrrole nitrogens is 1. The van der Waals surface area contributed by atoms with E-state index in [9.17, 15) is 4.79 Å². The predicted octanol–water partition coefficient (Wildman–Crippen LogP) is 1.36. The van der Waals surface area contributed by atoms with Gasteiger partial charge in [-0.1, -0.05) is 6.42 Å². The number of aromatic nitrogens is 4. The fraction of sp³-hybridized carbons (Fsp3) is 0.556. The third-order valence-corrected chi connectivity index (χ3v) is 5.10. The van der Waals surface area contributed by atoms with Gasteiger partial charge < -0.3 is 15.0 Å². The van der Waals surface area contributed by atoms with Gasteiger partial charge in [0.1, 0.15) is 6.61 Å². The first-order valence-corrected chi connectivity index (χ1v) is 9.15. The number of carbonyl (C=O) groups is 1. The topological polar surface area (TPSA) is 96.0 Å². The molecule has 1 amide bonds. The average Bonchev–Trinajstić information content (AvgIpc) is 3.18. The van der Waals surface area contributed by atoms with Crippen molar-refractivity contribution < 1.29 is 9.53 Å². The van der Waals surface area contributed by atoms with E-state index in [1.807, 2.05) is 11.1 Å². The monoisotopic (exact) mass is 356 g/mol. The largest absolute Gasteiger partial charge is 0.377 e. The standard InChI is InChI=1S/C18H24N6O2/c1-26-11-16-20-8-12-10-24(7-5-14(12)22-16)18(25)13-9-21-23-17(13)15-4-2-3-6-19-15/h8-9,15,19H,2-7,10-11H2,1H3,(H,21,23). The second kappa shape index (κ2) is 7.51. The molecular formula is C18H24N6O2. The zero-order valence-corrected chi connectivity index (χ0v) is 15.0. The van der Waals surface area contributed by atoms with Gasteiger partial charge in [-0.05, 0) is 19.4 Å². The predicted molar refractivity (Wildman–Crippen MR) is 94.4 cm³/mol. The molecule has 0 saturated carbocycles. The average molecular weight is 356 g/mol. The van der Waals surface area contributed by atoms with Crippen LogP contribution in [0.1, 0.15) is 58.4 Å². The van der Waals surface area contributed by atoms with Crippen LogP contribution in [0.4, 0.5) is 0 Å². The fourth-order valence-electron chi connectivity index (χ4n) is 3.73. The molecule has 1 unspecified atom stereocenters. The van der Waals surface area contributed by atoms with Gasteiger partial charge in [-0.25, -0.2) is 9.97 Å². The summed E-state index contributed by atoms with van der Waals surface area (Å²) in [4.78, 5) is 23.8. The minimum Gasteiger partial charge on any atom is -0.377 e. The van der Waals surface area contributed by atoms with Crippen molar-refractivity contribution in [3.8, 4) is 0 Å². The molecule has 138 valence electrons. The van der Waals surface area contributed by atoms with Crippen molar-refractivity contribution in [2.45, 2.75) is 44.9 Å². The van der Waals surface area contributed by atoms with Crippen LogP contribution in [0.3, 0.4) is 0 Å². The number of fused-ring (bicyclic) bond motifs is 1. The first kappa shape index (κ1) is 17.1. The van der Waals surface area contributed by atoms with E-state index in [-0.39, 0.29) is 11.9 Å². The Bertz CT molecular complexity index is 784. The summed E-state index contributed by atoms with van der Waals surface area (Å²) in [5, 5.41) is 10.7. The SMILES string of the molecule is COCc1ncc2c(n1)CCN(C(=O)c1cn[nH]c1C1CCCCN1)C2. The van der Waals surface area contributed by atoms with E-state index in [0.717, 1.165) is 36.3 Å².